The number of nitrogens with zero attached hydrogens (tertiary/aromatic N) is 1. The number of hydrogen-bond acceptors (Lipinski definition) is 6. The minimum absolute atomic E-state index is 0.146. The lowest BCUT2D eigenvalue weighted by Crippen LogP contribution is -2.29. The molecule has 7 nitrogen and oxygen atoms in total. The van der Waals surface area contributed by atoms with Crippen LogP contribution in [0.15, 0.2) is 75.9 Å². The van der Waals surface area contributed by atoms with E-state index in [1.807, 2.05) is 49.4 Å². The Balaban J connectivity index is 1.37. The second kappa shape index (κ2) is 9.50. The van der Waals surface area contributed by atoms with Crippen LogP contribution in [0.5, 0.6) is 0 Å². The molecule has 37 heavy (non-hydrogen) atoms. The van der Waals surface area contributed by atoms with E-state index in [1.54, 1.807) is 0 Å². The van der Waals surface area contributed by atoms with Crippen molar-refractivity contribution < 1.29 is 23.5 Å². The highest BCUT2D eigenvalue weighted by molar-refractivity contribution is 6.21. The second-order valence-electron chi connectivity index (χ2n) is 9.47. The Labute approximate surface area is 213 Å². The fraction of sp³-hybridized carbons (Fsp3) is 0.200. The minimum atomic E-state index is -0.665. The first kappa shape index (κ1) is 24.2. The van der Waals surface area contributed by atoms with Crippen LogP contribution in [0, 0.1) is 6.92 Å². The molecule has 0 atom stereocenters. The van der Waals surface area contributed by atoms with Crippen LogP contribution in [0.1, 0.15) is 73.1 Å². The van der Waals surface area contributed by atoms with Crippen LogP contribution in [0.3, 0.4) is 0 Å². The summed E-state index contributed by atoms with van der Waals surface area (Å²) in [5.41, 5.74) is 3.94. The average Bonchev–Trinajstić information content (AvgIpc) is 3.11. The molecule has 0 bridgehead atoms. The third-order valence-corrected chi connectivity index (χ3v) is 6.59. The third kappa shape index (κ3) is 4.56. The number of amides is 2. The van der Waals surface area contributed by atoms with Crippen molar-refractivity contribution in [1.29, 1.82) is 0 Å². The van der Waals surface area contributed by atoms with Gasteiger partial charge in [0.2, 0.25) is 0 Å². The van der Waals surface area contributed by atoms with E-state index in [1.165, 1.54) is 29.2 Å². The van der Waals surface area contributed by atoms with Gasteiger partial charge in [0.15, 0.2) is 0 Å². The SMILES string of the molecule is Cc1cc2oc(=O)cc(COC(=O)c3ccc4c(c3)C(=O)N(Cc3ccccc3)C4=O)c2cc1C(C)C. The van der Waals surface area contributed by atoms with Gasteiger partial charge in [-0.1, -0.05) is 44.2 Å². The van der Waals surface area contributed by atoms with Gasteiger partial charge in [-0.15, -0.1) is 0 Å². The number of ether oxygens (including phenoxy) is 1. The second-order valence-corrected chi connectivity index (χ2v) is 9.47. The van der Waals surface area contributed by atoms with Crippen molar-refractivity contribution in [2.45, 2.75) is 39.8 Å². The highest BCUT2D eigenvalue weighted by atomic mass is 16.5. The Morgan fingerprint density at radius 1 is 0.919 bits per heavy atom. The zero-order chi connectivity index (χ0) is 26.3. The Hall–Kier alpha value is -4.52. The van der Waals surface area contributed by atoms with E-state index in [9.17, 15) is 19.2 Å². The zero-order valence-corrected chi connectivity index (χ0v) is 20.7. The van der Waals surface area contributed by atoms with Gasteiger partial charge in [0, 0.05) is 17.0 Å². The summed E-state index contributed by atoms with van der Waals surface area (Å²) in [5.74, 6) is -1.26. The van der Waals surface area contributed by atoms with Crippen molar-refractivity contribution >= 4 is 28.8 Å². The first-order valence-electron chi connectivity index (χ1n) is 12.0. The molecular formula is C30H25NO6. The number of carbonyl (C=O) groups excluding carboxylic acids is 3. The molecular weight excluding hydrogens is 470 g/mol. The summed E-state index contributed by atoms with van der Waals surface area (Å²) >= 11 is 0. The smallest absolute Gasteiger partial charge is 0.338 e. The van der Waals surface area contributed by atoms with Crippen molar-refractivity contribution in [2.24, 2.45) is 0 Å². The van der Waals surface area contributed by atoms with E-state index < -0.39 is 23.4 Å². The Kier molecular flexibility index (Phi) is 6.21. The number of rotatable bonds is 6. The van der Waals surface area contributed by atoms with Crippen molar-refractivity contribution in [1.82, 2.24) is 4.90 Å². The van der Waals surface area contributed by atoms with Crippen molar-refractivity contribution in [3.05, 3.63) is 116 Å². The number of aryl methyl sites for hydroxylation is 1. The molecule has 1 aliphatic heterocycles. The number of esters is 1. The molecule has 186 valence electrons. The Bertz CT molecular complexity index is 1620. The topological polar surface area (TPSA) is 93.9 Å². The maximum absolute atomic E-state index is 13.0. The van der Waals surface area contributed by atoms with E-state index in [2.05, 4.69) is 13.8 Å². The highest BCUT2D eigenvalue weighted by Crippen LogP contribution is 2.28. The van der Waals surface area contributed by atoms with Crippen LogP contribution >= 0.6 is 0 Å². The van der Waals surface area contributed by atoms with Crippen LogP contribution in [0.4, 0.5) is 0 Å². The summed E-state index contributed by atoms with van der Waals surface area (Å²) in [5, 5.41) is 0.702. The molecule has 4 aromatic rings. The normalized spacial score (nSPS) is 12.9. The molecule has 0 saturated heterocycles. The summed E-state index contributed by atoms with van der Waals surface area (Å²) in [7, 11) is 0. The van der Waals surface area contributed by atoms with Crippen molar-refractivity contribution in [2.75, 3.05) is 0 Å². The molecule has 0 spiro atoms. The lowest BCUT2D eigenvalue weighted by Gasteiger charge is -2.13. The molecule has 0 unspecified atom stereocenters. The van der Waals surface area contributed by atoms with E-state index in [0.717, 1.165) is 16.7 Å². The van der Waals surface area contributed by atoms with Gasteiger partial charge in [-0.25, -0.2) is 9.59 Å². The molecule has 0 N–H and O–H groups in total. The molecule has 2 amide bonds. The van der Waals surface area contributed by atoms with Crippen LogP contribution in [0.2, 0.25) is 0 Å². The summed E-state index contributed by atoms with van der Waals surface area (Å²) in [4.78, 5) is 52.0. The van der Waals surface area contributed by atoms with E-state index in [4.69, 9.17) is 9.15 Å². The fourth-order valence-electron chi connectivity index (χ4n) is 4.69. The van der Waals surface area contributed by atoms with Crippen LogP contribution in [0.25, 0.3) is 11.0 Å². The predicted molar refractivity (Wildman–Crippen MR) is 138 cm³/mol. The Morgan fingerprint density at radius 3 is 2.38 bits per heavy atom. The molecule has 0 radical (unpaired) electrons. The van der Waals surface area contributed by atoms with E-state index in [-0.39, 0.29) is 35.8 Å². The summed E-state index contributed by atoms with van der Waals surface area (Å²) in [6, 6.07) is 18.7. The van der Waals surface area contributed by atoms with Crippen molar-refractivity contribution in [3.63, 3.8) is 0 Å². The van der Waals surface area contributed by atoms with E-state index >= 15 is 0 Å². The van der Waals surface area contributed by atoms with Gasteiger partial charge < -0.3 is 9.15 Å². The highest BCUT2D eigenvalue weighted by Gasteiger charge is 2.36. The lowest BCUT2D eigenvalue weighted by molar-refractivity contribution is 0.0473. The average molecular weight is 496 g/mol. The Morgan fingerprint density at radius 2 is 1.65 bits per heavy atom. The molecule has 2 heterocycles. The van der Waals surface area contributed by atoms with Gasteiger partial charge in [-0.3, -0.25) is 14.5 Å². The first-order chi connectivity index (χ1) is 17.7. The third-order valence-electron chi connectivity index (χ3n) is 6.59. The molecule has 1 aromatic heterocycles. The molecule has 3 aromatic carbocycles. The first-order valence-corrected chi connectivity index (χ1v) is 12.0. The van der Waals surface area contributed by atoms with Crippen LogP contribution < -0.4 is 5.63 Å². The molecule has 1 aliphatic rings. The number of benzene rings is 3. The monoisotopic (exact) mass is 495 g/mol. The maximum Gasteiger partial charge on any atom is 0.338 e. The number of fused-ring (bicyclic) bond motifs is 2. The summed E-state index contributed by atoms with van der Waals surface area (Å²) in [6.45, 7) is 6.12. The molecule has 0 saturated carbocycles. The number of imide groups is 1. The predicted octanol–water partition coefficient (Wildman–Crippen LogP) is 5.38. The quantitative estimate of drug-likeness (QED) is 0.203. The molecule has 0 fully saturated rings. The number of carbonyl (C=O) groups is 3. The number of hydrogen-bond donors (Lipinski definition) is 0. The zero-order valence-electron chi connectivity index (χ0n) is 20.7. The van der Waals surface area contributed by atoms with Crippen LogP contribution in [-0.4, -0.2) is 22.7 Å². The molecule has 5 rings (SSSR count). The summed E-state index contributed by atoms with van der Waals surface area (Å²) < 4.78 is 10.9. The summed E-state index contributed by atoms with van der Waals surface area (Å²) in [6.07, 6.45) is 0. The van der Waals surface area contributed by atoms with Gasteiger partial charge in [0.05, 0.1) is 23.2 Å². The van der Waals surface area contributed by atoms with Gasteiger partial charge in [-0.2, -0.15) is 0 Å². The largest absolute Gasteiger partial charge is 0.457 e. The van der Waals surface area contributed by atoms with Gasteiger partial charge in [0.1, 0.15) is 12.2 Å². The molecule has 0 aliphatic carbocycles. The molecule has 7 heteroatoms. The fourth-order valence-corrected chi connectivity index (χ4v) is 4.69. The van der Waals surface area contributed by atoms with Gasteiger partial charge in [-0.05, 0) is 59.9 Å². The van der Waals surface area contributed by atoms with E-state index in [0.29, 0.717) is 16.5 Å². The van der Waals surface area contributed by atoms with Gasteiger partial charge >= 0.3 is 11.6 Å². The lowest BCUT2D eigenvalue weighted by atomic mass is 9.95. The minimum Gasteiger partial charge on any atom is -0.457 e. The standard InChI is InChI=1S/C30H25NO6/c1-17(2)23-14-24-21(13-27(32)37-26(24)11-18(23)3)16-36-30(35)20-9-10-22-25(12-20)29(34)31(28(22)33)15-19-7-5-4-6-8-19/h4-14,17H,15-16H2,1-3H3. The van der Waals surface area contributed by atoms with Crippen LogP contribution in [-0.2, 0) is 17.9 Å². The maximum atomic E-state index is 13.0. The van der Waals surface area contributed by atoms with Gasteiger partial charge in [0.25, 0.3) is 11.8 Å². The van der Waals surface area contributed by atoms with Crippen molar-refractivity contribution in [3.8, 4) is 0 Å².